The topological polar surface area (TPSA) is 32.3 Å². The smallest absolute Gasteiger partial charge is 0.228 e. The van der Waals surface area contributed by atoms with Gasteiger partial charge in [-0.3, -0.25) is 4.79 Å². The van der Waals surface area contributed by atoms with E-state index < -0.39 is 0 Å². The standard InChI is InChI=1S/C16H22N2O.ClH/c1-12-14(9-13-5-3-2-4-6-13)7-8-18(12)16(19)15-10-17-11-15;/h2-6,12,14-15,17H,7-11H2,1H3;1H. The lowest BCUT2D eigenvalue weighted by Crippen LogP contribution is -2.53. The van der Waals surface area contributed by atoms with Gasteiger partial charge in [0.05, 0.1) is 5.92 Å². The molecule has 110 valence electrons. The first kappa shape index (κ1) is 15.3. The maximum absolute atomic E-state index is 12.3. The van der Waals surface area contributed by atoms with E-state index in [0.717, 1.165) is 32.5 Å². The first-order valence-electron chi connectivity index (χ1n) is 7.31. The molecule has 0 aromatic heterocycles. The summed E-state index contributed by atoms with van der Waals surface area (Å²) in [7, 11) is 0. The Hall–Kier alpha value is -1.06. The molecule has 3 nitrogen and oxygen atoms in total. The highest BCUT2D eigenvalue weighted by molar-refractivity contribution is 5.85. The van der Waals surface area contributed by atoms with Crippen molar-refractivity contribution >= 4 is 18.3 Å². The van der Waals surface area contributed by atoms with Crippen molar-refractivity contribution in [3.63, 3.8) is 0 Å². The van der Waals surface area contributed by atoms with Crippen molar-refractivity contribution in [3.05, 3.63) is 35.9 Å². The van der Waals surface area contributed by atoms with E-state index in [2.05, 4.69) is 47.5 Å². The van der Waals surface area contributed by atoms with Gasteiger partial charge < -0.3 is 10.2 Å². The summed E-state index contributed by atoms with van der Waals surface area (Å²) in [6.45, 7) is 4.88. The quantitative estimate of drug-likeness (QED) is 0.926. The molecule has 0 radical (unpaired) electrons. The van der Waals surface area contributed by atoms with E-state index in [-0.39, 0.29) is 18.3 Å². The molecule has 2 atom stereocenters. The molecule has 20 heavy (non-hydrogen) atoms. The van der Waals surface area contributed by atoms with Crippen molar-refractivity contribution in [1.82, 2.24) is 10.2 Å². The van der Waals surface area contributed by atoms with Crippen LogP contribution in [-0.4, -0.2) is 36.5 Å². The van der Waals surface area contributed by atoms with Crippen LogP contribution in [0.1, 0.15) is 18.9 Å². The molecule has 1 aromatic carbocycles. The molecule has 4 heteroatoms. The largest absolute Gasteiger partial charge is 0.339 e. The molecule has 1 aromatic rings. The molecular formula is C16H23ClN2O. The highest BCUT2D eigenvalue weighted by Crippen LogP contribution is 2.29. The van der Waals surface area contributed by atoms with Crippen molar-refractivity contribution in [2.24, 2.45) is 11.8 Å². The Morgan fingerprint density at radius 3 is 2.60 bits per heavy atom. The molecule has 2 aliphatic heterocycles. The van der Waals surface area contributed by atoms with Gasteiger partial charge in [-0.2, -0.15) is 0 Å². The van der Waals surface area contributed by atoms with Crippen molar-refractivity contribution in [2.45, 2.75) is 25.8 Å². The van der Waals surface area contributed by atoms with Crippen LogP contribution in [0.4, 0.5) is 0 Å². The van der Waals surface area contributed by atoms with Crippen molar-refractivity contribution in [1.29, 1.82) is 0 Å². The molecule has 1 N–H and O–H groups in total. The number of rotatable bonds is 3. The van der Waals surface area contributed by atoms with Gasteiger partial charge in [-0.15, -0.1) is 12.4 Å². The lowest BCUT2D eigenvalue weighted by molar-refractivity contribution is -0.137. The maximum atomic E-state index is 12.3. The third-order valence-corrected chi connectivity index (χ3v) is 4.67. The number of nitrogens with zero attached hydrogens (tertiary/aromatic N) is 1. The van der Waals surface area contributed by atoms with Crippen LogP contribution in [0.3, 0.4) is 0 Å². The maximum Gasteiger partial charge on any atom is 0.228 e. The van der Waals surface area contributed by atoms with Crippen LogP contribution in [-0.2, 0) is 11.2 Å². The van der Waals surface area contributed by atoms with E-state index in [9.17, 15) is 4.79 Å². The third-order valence-electron chi connectivity index (χ3n) is 4.67. The van der Waals surface area contributed by atoms with E-state index in [1.165, 1.54) is 5.56 Å². The van der Waals surface area contributed by atoms with Gasteiger partial charge in [0.2, 0.25) is 5.91 Å². The number of hydrogen-bond acceptors (Lipinski definition) is 2. The second-order valence-corrected chi connectivity index (χ2v) is 5.87. The number of nitrogens with one attached hydrogen (secondary N) is 1. The highest BCUT2D eigenvalue weighted by atomic mass is 35.5. The summed E-state index contributed by atoms with van der Waals surface area (Å²) in [5.41, 5.74) is 1.39. The van der Waals surface area contributed by atoms with E-state index in [1.54, 1.807) is 0 Å². The molecule has 1 amide bonds. The minimum absolute atomic E-state index is 0. The van der Waals surface area contributed by atoms with Gasteiger partial charge >= 0.3 is 0 Å². The highest BCUT2D eigenvalue weighted by Gasteiger charge is 2.38. The van der Waals surface area contributed by atoms with Gasteiger partial charge in [0.25, 0.3) is 0 Å². The summed E-state index contributed by atoms with van der Waals surface area (Å²) in [4.78, 5) is 14.4. The lowest BCUT2D eigenvalue weighted by Gasteiger charge is -2.33. The van der Waals surface area contributed by atoms with E-state index in [0.29, 0.717) is 17.9 Å². The molecule has 0 aliphatic carbocycles. The molecule has 0 spiro atoms. The zero-order valence-corrected chi connectivity index (χ0v) is 12.7. The summed E-state index contributed by atoms with van der Waals surface area (Å²) < 4.78 is 0. The normalized spacial score (nSPS) is 25.9. The molecule has 3 rings (SSSR count). The van der Waals surface area contributed by atoms with Crippen LogP contribution in [0.15, 0.2) is 30.3 Å². The predicted octanol–water partition coefficient (Wildman–Crippen LogP) is 2.11. The van der Waals surface area contributed by atoms with Crippen molar-refractivity contribution in [2.75, 3.05) is 19.6 Å². The molecule has 2 aliphatic rings. The summed E-state index contributed by atoms with van der Waals surface area (Å²) in [5.74, 6) is 1.21. The van der Waals surface area contributed by atoms with Crippen LogP contribution in [0.2, 0.25) is 0 Å². The second-order valence-electron chi connectivity index (χ2n) is 5.87. The first-order valence-corrected chi connectivity index (χ1v) is 7.31. The average molecular weight is 295 g/mol. The van der Waals surface area contributed by atoms with E-state index >= 15 is 0 Å². The SMILES string of the molecule is CC1C(Cc2ccccc2)CCN1C(=O)C1CNC1.Cl. The molecule has 0 bridgehead atoms. The van der Waals surface area contributed by atoms with Gasteiger partial charge in [-0.05, 0) is 31.2 Å². The molecule has 0 saturated carbocycles. The summed E-state index contributed by atoms with van der Waals surface area (Å²) in [6.07, 6.45) is 2.23. The average Bonchev–Trinajstić information content (AvgIpc) is 2.70. The Morgan fingerprint density at radius 1 is 1.30 bits per heavy atom. The Labute approximate surface area is 127 Å². The number of carbonyl (C=O) groups excluding carboxylic acids is 1. The Bertz CT molecular complexity index is 447. The van der Waals surface area contributed by atoms with Gasteiger partial charge in [0, 0.05) is 25.7 Å². The summed E-state index contributed by atoms with van der Waals surface area (Å²) in [5, 5.41) is 3.18. The predicted molar refractivity (Wildman–Crippen MR) is 83.0 cm³/mol. The van der Waals surface area contributed by atoms with Crippen LogP contribution < -0.4 is 5.32 Å². The molecule has 2 fully saturated rings. The Balaban J connectivity index is 0.00000147. The van der Waals surface area contributed by atoms with Crippen LogP contribution in [0.5, 0.6) is 0 Å². The summed E-state index contributed by atoms with van der Waals surface area (Å²) >= 11 is 0. The number of likely N-dealkylation sites (tertiary alicyclic amines) is 1. The Morgan fingerprint density at radius 2 is 2.00 bits per heavy atom. The van der Waals surface area contributed by atoms with Crippen LogP contribution in [0, 0.1) is 11.8 Å². The van der Waals surface area contributed by atoms with E-state index in [4.69, 9.17) is 0 Å². The number of hydrogen-bond donors (Lipinski definition) is 1. The molecule has 2 heterocycles. The summed E-state index contributed by atoms with van der Waals surface area (Å²) in [6, 6.07) is 11.0. The van der Waals surface area contributed by atoms with Gasteiger partial charge in [-0.25, -0.2) is 0 Å². The second kappa shape index (κ2) is 6.59. The fraction of sp³-hybridized carbons (Fsp3) is 0.562. The monoisotopic (exact) mass is 294 g/mol. The number of amides is 1. The van der Waals surface area contributed by atoms with Gasteiger partial charge in [0.1, 0.15) is 0 Å². The van der Waals surface area contributed by atoms with Crippen LogP contribution >= 0.6 is 12.4 Å². The minimum atomic E-state index is 0. The van der Waals surface area contributed by atoms with Gasteiger partial charge in [0.15, 0.2) is 0 Å². The fourth-order valence-corrected chi connectivity index (χ4v) is 3.20. The fourth-order valence-electron chi connectivity index (χ4n) is 3.20. The minimum Gasteiger partial charge on any atom is -0.339 e. The zero-order valence-electron chi connectivity index (χ0n) is 11.9. The van der Waals surface area contributed by atoms with Gasteiger partial charge in [-0.1, -0.05) is 30.3 Å². The van der Waals surface area contributed by atoms with Crippen molar-refractivity contribution < 1.29 is 4.79 Å². The number of carbonyl (C=O) groups is 1. The van der Waals surface area contributed by atoms with E-state index in [1.807, 2.05) is 0 Å². The number of benzene rings is 1. The van der Waals surface area contributed by atoms with Crippen molar-refractivity contribution in [3.8, 4) is 0 Å². The first-order chi connectivity index (χ1) is 9.25. The third kappa shape index (κ3) is 2.99. The lowest BCUT2D eigenvalue weighted by atomic mass is 9.93. The van der Waals surface area contributed by atoms with Crippen LogP contribution in [0.25, 0.3) is 0 Å². The zero-order chi connectivity index (χ0) is 13.2. The molecular weight excluding hydrogens is 272 g/mol. The molecule has 2 saturated heterocycles. The Kier molecular flexibility index (Phi) is 5.06. The number of halogens is 1. The molecule has 2 unspecified atom stereocenters.